The first kappa shape index (κ1) is 23.3. The van der Waals surface area contributed by atoms with Gasteiger partial charge in [-0.25, -0.2) is 8.42 Å². The Bertz CT molecular complexity index is 1340. The third-order valence-corrected chi connectivity index (χ3v) is 7.11. The molecule has 0 spiro atoms. The van der Waals surface area contributed by atoms with Gasteiger partial charge < -0.3 is 15.0 Å². The third-order valence-electron chi connectivity index (χ3n) is 5.60. The third kappa shape index (κ3) is 4.89. The van der Waals surface area contributed by atoms with Crippen molar-refractivity contribution in [2.45, 2.75) is 24.7 Å². The van der Waals surface area contributed by atoms with Crippen LogP contribution >= 0.6 is 0 Å². The SMILES string of the molecule is COc1ccccc1NS(=O)(=O)c1cc(NC(=O)c2ccc(N3CCCC3=O)cc2)ccc1C. The molecule has 0 unspecified atom stereocenters. The highest BCUT2D eigenvalue weighted by molar-refractivity contribution is 7.92. The first-order valence-electron chi connectivity index (χ1n) is 10.8. The molecule has 1 fully saturated rings. The molecule has 1 saturated heterocycles. The van der Waals surface area contributed by atoms with Crippen molar-refractivity contribution in [2.75, 3.05) is 28.6 Å². The Morgan fingerprint density at radius 1 is 1.03 bits per heavy atom. The molecule has 2 amide bonds. The first-order chi connectivity index (χ1) is 16.3. The van der Waals surface area contributed by atoms with Gasteiger partial charge in [0.05, 0.1) is 17.7 Å². The van der Waals surface area contributed by atoms with E-state index in [-0.39, 0.29) is 16.7 Å². The van der Waals surface area contributed by atoms with Crippen LogP contribution in [0.1, 0.15) is 28.8 Å². The predicted molar refractivity (Wildman–Crippen MR) is 131 cm³/mol. The minimum absolute atomic E-state index is 0.0408. The lowest BCUT2D eigenvalue weighted by Crippen LogP contribution is -2.23. The molecule has 0 radical (unpaired) electrons. The maximum Gasteiger partial charge on any atom is 0.262 e. The molecule has 2 N–H and O–H groups in total. The fourth-order valence-electron chi connectivity index (χ4n) is 3.81. The molecule has 1 aliphatic heterocycles. The van der Waals surface area contributed by atoms with Gasteiger partial charge in [-0.05, 0) is 67.4 Å². The lowest BCUT2D eigenvalue weighted by atomic mass is 10.1. The van der Waals surface area contributed by atoms with Gasteiger partial charge in [0.1, 0.15) is 5.75 Å². The van der Waals surface area contributed by atoms with E-state index in [1.165, 1.54) is 13.2 Å². The van der Waals surface area contributed by atoms with Gasteiger partial charge in [0.25, 0.3) is 15.9 Å². The van der Waals surface area contributed by atoms with E-state index < -0.39 is 10.0 Å². The summed E-state index contributed by atoms with van der Waals surface area (Å²) in [6.07, 6.45) is 1.36. The molecule has 4 rings (SSSR count). The smallest absolute Gasteiger partial charge is 0.262 e. The summed E-state index contributed by atoms with van der Waals surface area (Å²) in [5.74, 6) is 0.0868. The Morgan fingerprint density at radius 2 is 1.76 bits per heavy atom. The van der Waals surface area contributed by atoms with Crippen molar-refractivity contribution < 1.29 is 22.7 Å². The van der Waals surface area contributed by atoms with Crippen LogP contribution in [0.15, 0.2) is 71.6 Å². The van der Waals surface area contributed by atoms with Crippen molar-refractivity contribution in [1.29, 1.82) is 0 Å². The van der Waals surface area contributed by atoms with Crippen LogP contribution in [0.3, 0.4) is 0 Å². The number of sulfonamides is 1. The second kappa shape index (κ2) is 9.56. The van der Waals surface area contributed by atoms with Crippen LogP contribution in [0.2, 0.25) is 0 Å². The van der Waals surface area contributed by atoms with Crippen LogP contribution in [-0.4, -0.2) is 33.9 Å². The molecule has 34 heavy (non-hydrogen) atoms. The zero-order chi connectivity index (χ0) is 24.3. The molecule has 1 heterocycles. The van der Waals surface area contributed by atoms with Crippen LogP contribution in [0.4, 0.5) is 17.1 Å². The quantitative estimate of drug-likeness (QED) is 0.529. The highest BCUT2D eigenvalue weighted by Gasteiger charge is 2.22. The molecule has 0 bridgehead atoms. The largest absolute Gasteiger partial charge is 0.495 e. The molecule has 9 heteroatoms. The zero-order valence-electron chi connectivity index (χ0n) is 18.9. The van der Waals surface area contributed by atoms with Gasteiger partial charge in [-0.3, -0.25) is 14.3 Å². The summed E-state index contributed by atoms with van der Waals surface area (Å²) >= 11 is 0. The van der Waals surface area contributed by atoms with Gasteiger partial charge in [-0.1, -0.05) is 18.2 Å². The molecule has 0 saturated carbocycles. The second-order valence-electron chi connectivity index (χ2n) is 7.94. The molecule has 0 aliphatic carbocycles. The fourth-order valence-corrected chi connectivity index (χ4v) is 5.16. The van der Waals surface area contributed by atoms with E-state index >= 15 is 0 Å². The van der Waals surface area contributed by atoms with Crippen molar-refractivity contribution in [2.24, 2.45) is 0 Å². The summed E-state index contributed by atoms with van der Waals surface area (Å²) in [6.45, 7) is 2.36. The van der Waals surface area contributed by atoms with E-state index in [0.29, 0.717) is 41.2 Å². The highest BCUT2D eigenvalue weighted by atomic mass is 32.2. The van der Waals surface area contributed by atoms with Gasteiger partial charge in [0.15, 0.2) is 0 Å². The highest BCUT2D eigenvalue weighted by Crippen LogP contribution is 2.28. The number of anilines is 3. The van der Waals surface area contributed by atoms with Crippen LogP contribution in [-0.2, 0) is 14.8 Å². The van der Waals surface area contributed by atoms with Crippen LogP contribution in [0, 0.1) is 6.92 Å². The average molecular weight is 480 g/mol. The number of carbonyl (C=O) groups excluding carboxylic acids is 2. The van der Waals surface area contributed by atoms with Crippen molar-refractivity contribution in [3.63, 3.8) is 0 Å². The molecule has 176 valence electrons. The second-order valence-corrected chi connectivity index (χ2v) is 9.59. The Balaban J connectivity index is 1.52. The van der Waals surface area contributed by atoms with Gasteiger partial charge in [-0.2, -0.15) is 0 Å². The minimum Gasteiger partial charge on any atom is -0.495 e. The topological polar surface area (TPSA) is 105 Å². The fraction of sp³-hybridized carbons (Fsp3) is 0.200. The molecule has 0 aromatic heterocycles. The summed E-state index contributed by atoms with van der Waals surface area (Å²) in [6, 6.07) is 18.2. The Labute approximate surface area is 198 Å². The summed E-state index contributed by atoms with van der Waals surface area (Å²) in [5.41, 5.74) is 2.34. The average Bonchev–Trinajstić information content (AvgIpc) is 3.26. The van der Waals surface area contributed by atoms with Crippen LogP contribution in [0.5, 0.6) is 5.75 Å². The van der Waals surface area contributed by atoms with Gasteiger partial charge in [0, 0.05) is 29.9 Å². The van der Waals surface area contributed by atoms with Gasteiger partial charge in [0.2, 0.25) is 5.91 Å². The Morgan fingerprint density at radius 3 is 2.44 bits per heavy atom. The van der Waals surface area contributed by atoms with Crippen molar-refractivity contribution in [1.82, 2.24) is 0 Å². The molecule has 1 aliphatic rings. The predicted octanol–water partition coefficient (Wildman–Crippen LogP) is 4.18. The van der Waals surface area contributed by atoms with E-state index in [2.05, 4.69) is 10.0 Å². The van der Waals surface area contributed by atoms with Crippen molar-refractivity contribution >= 4 is 38.9 Å². The van der Waals surface area contributed by atoms with E-state index in [0.717, 1.165) is 12.1 Å². The molecule has 8 nitrogen and oxygen atoms in total. The summed E-state index contributed by atoms with van der Waals surface area (Å²) in [4.78, 5) is 26.4. The molecule has 3 aromatic rings. The summed E-state index contributed by atoms with van der Waals surface area (Å²) in [5, 5.41) is 2.75. The maximum atomic E-state index is 13.1. The number of hydrogen-bond donors (Lipinski definition) is 2. The number of nitrogens with zero attached hydrogens (tertiary/aromatic N) is 1. The number of nitrogens with one attached hydrogen (secondary N) is 2. The number of methoxy groups -OCH3 is 1. The molecular weight excluding hydrogens is 454 g/mol. The van der Waals surface area contributed by atoms with Crippen LogP contribution in [0.25, 0.3) is 0 Å². The molecule has 0 atom stereocenters. The Hall–Kier alpha value is -3.85. The monoisotopic (exact) mass is 479 g/mol. The van der Waals surface area contributed by atoms with E-state index in [9.17, 15) is 18.0 Å². The van der Waals surface area contributed by atoms with Crippen molar-refractivity contribution in [3.05, 3.63) is 77.9 Å². The number of hydrogen-bond acceptors (Lipinski definition) is 5. The number of rotatable bonds is 7. The lowest BCUT2D eigenvalue weighted by Gasteiger charge is -2.16. The van der Waals surface area contributed by atoms with Gasteiger partial charge >= 0.3 is 0 Å². The first-order valence-corrected chi connectivity index (χ1v) is 12.2. The van der Waals surface area contributed by atoms with Crippen molar-refractivity contribution in [3.8, 4) is 5.75 Å². The zero-order valence-corrected chi connectivity index (χ0v) is 19.7. The summed E-state index contributed by atoms with van der Waals surface area (Å²) < 4.78 is 33.9. The standard InChI is InChI=1S/C25H25N3O5S/c1-17-9-12-19(16-23(17)34(31,32)27-21-6-3-4-7-22(21)33-2)26-25(30)18-10-13-20(14-11-18)28-15-5-8-24(28)29/h3-4,6-7,9-14,16,27H,5,8,15H2,1-2H3,(H,26,30). The van der Waals surface area contributed by atoms with Gasteiger partial charge in [-0.15, -0.1) is 0 Å². The van der Waals surface area contributed by atoms with Crippen LogP contribution < -0.4 is 19.7 Å². The number of benzene rings is 3. The number of amides is 2. The van der Waals surface area contributed by atoms with E-state index in [1.54, 1.807) is 72.5 Å². The number of ether oxygens (including phenoxy) is 1. The molecule has 3 aromatic carbocycles. The lowest BCUT2D eigenvalue weighted by molar-refractivity contribution is -0.117. The van der Waals surface area contributed by atoms with E-state index in [4.69, 9.17) is 4.74 Å². The number of carbonyl (C=O) groups is 2. The minimum atomic E-state index is -3.94. The summed E-state index contributed by atoms with van der Waals surface area (Å²) in [7, 11) is -2.48. The number of aryl methyl sites for hydroxylation is 1. The maximum absolute atomic E-state index is 13.1. The van der Waals surface area contributed by atoms with E-state index in [1.807, 2.05) is 0 Å². The molecular formula is C25H25N3O5S. The normalized spacial score (nSPS) is 13.6. The number of para-hydroxylation sites is 2. The Kier molecular flexibility index (Phi) is 6.56.